The molecule has 122 valence electrons. The van der Waals surface area contributed by atoms with Crippen molar-refractivity contribution >= 4 is 6.09 Å². The van der Waals surface area contributed by atoms with E-state index < -0.39 is 6.09 Å². The van der Waals surface area contributed by atoms with E-state index in [0.29, 0.717) is 25.7 Å². The fourth-order valence-electron chi connectivity index (χ4n) is 2.78. The number of amides is 1. The van der Waals surface area contributed by atoms with Gasteiger partial charge in [-0.1, -0.05) is 18.6 Å². The zero-order chi connectivity index (χ0) is 15.8. The molecule has 0 aliphatic heterocycles. The first-order chi connectivity index (χ1) is 10.7. The zero-order valence-electron chi connectivity index (χ0n) is 13.1. The summed E-state index contributed by atoms with van der Waals surface area (Å²) in [6.07, 6.45) is 3.52. The van der Waals surface area contributed by atoms with Gasteiger partial charge in [0.25, 0.3) is 0 Å². The Morgan fingerprint density at radius 3 is 2.73 bits per heavy atom. The van der Waals surface area contributed by atoms with Crippen LogP contribution < -0.4 is 10.1 Å². The Kier molecular flexibility index (Phi) is 6.52. The average Bonchev–Trinajstić information content (AvgIpc) is 2.91. The molecule has 0 aromatic heterocycles. The van der Waals surface area contributed by atoms with Crippen LogP contribution in [0.15, 0.2) is 24.3 Å². The first-order valence-corrected chi connectivity index (χ1v) is 7.99. The second kappa shape index (κ2) is 8.63. The van der Waals surface area contributed by atoms with E-state index in [9.17, 15) is 9.90 Å². The number of aliphatic hydroxyl groups is 1. The fraction of sp³-hybridized carbons (Fsp3) is 0.588. The molecule has 1 saturated carbocycles. The molecule has 0 radical (unpaired) electrons. The van der Waals surface area contributed by atoms with Crippen LogP contribution in [0.25, 0.3) is 0 Å². The van der Waals surface area contributed by atoms with Crippen molar-refractivity contribution in [2.45, 2.75) is 38.7 Å². The summed E-state index contributed by atoms with van der Waals surface area (Å²) in [4.78, 5) is 11.1. The minimum Gasteiger partial charge on any atom is -0.492 e. The van der Waals surface area contributed by atoms with Gasteiger partial charge in [-0.3, -0.25) is 0 Å². The molecule has 0 unspecified atom stereocenters. The molecule has 0 saturated heterocycles. The van der Waals surface area contributed by atoms with Crippen LogP contribution in [0, 0.1) is 5.92 Å². The molecule has 1 aliphatic carbocycles. The van der Waals surface area contributed by atoms with Crippen molar-refractivity contribution in [3.05, 3.63) is 29.8 Å². The Labute approximate surface area is 131 Å². The number of aliphatic hydroxyl groups excluding tert-OH is 1. The largest absolute Gasteiger partial charge is 0.492 e. The highest BCUT2D eigenvalue weighted by Crippen LogP contribution is 2.29. The lowest BCUT2D eigenvalue weighted by Gasteiger charge is -2.14. The summed E-state index contributed by atoms with van der Waals surface area (Å²) < 4.78 is 10.3. The first kappa shape index (κ1) is 16.6. The smallest absolute Gasteiger partial charge is 0.407 e. The number of carbonyl (C=O) groups excluding carboxylic acids is 1. The van der Waals surface area contributed by atoms with Crippen molar-refractivity contribution in [1.29, 1.82) is 0 Å². The SMILES string of the molecule is CCOC(=O)NCCOc1ccc(C[C@H]2CCC[C@H]2O)cc1. The Balaban J connectivity index is 1.69. The van der Waals surface area contributed by atoms with E-state index in [-0.39, 0.29) is 6.10 Å². The summed E-state index contributed by atoms with van der Waals surface area (Å²) in [5, 5.41) is 12.5. The van der Waals surface area contributed by atoms with Crippen molar-refractivity contribution in [1.82, 2.24) is 5.32 Å². The molecule has 1 aromatic carbocycles. The van der Waals surface area contributed by atoms with Gasteiger partial charge in [-0.15, -0.1) is 0 Å². The van der Waals surface area contributed by atoms with Gasteiger partial charge in [0.05, 0.1) is 19.3 Å². The predicted octanol–water partition coefficient (Wildman–Crippen LogP) is 2.52. The molecule has 5 nitrogen and oxygen atoms in total. The molecule has 1 aliphatic rings. The van der Waals surface area contributed by atoms with E-state index in [1.54, 1.807) is 6.92 Å². The second-order valence-corrected chi connectivity index (χ2v) is 5.60. The van der Waals surface area contributed by atoms with Crippen LogP contribution in [0.3, 0.4) is 0 Å². The van der Waals surface area contributed by atoms with Crippen LogP contribution in [-0.2, 0) is 11.2 Å². The Morgan fingerprint density at radius 2 is 2.09 bits per heavy atom. The van der Waals surface area contributed by atoms with Gasteiger partial charge in [0.1, 0.15) is 12.4 Å². The number of hydrogen-bond acceptors (Lipinski definition) is 4. The molecule has 0 heterocycles. The summed E-state index contributed by atoms with van der Waals surface area (Å²) in [7, 11) is 0. The number of rotatable bonds is 7. The van der Waals surface area contributed by atoms with Gasteiger partial charge in [-0.05, 0) is 49.8 Å². The predicted molar refractivity (Wildman–Crippen MR) is 84.0 cm³/mol. The maximum absolute atomic E-state index is 11.1. The molecule has 22 heavy (non-hydrogen) atoms. The highest BCUT2D eigenvalue weighted by Gasteiger charge is 2.24. The molecule has 2 rings (SSSR count). The lowest BCUT2D eigenvalue weighted by atomic mass is 9.96. The highest BCUT2D eigenvalue weighted by molar-refractivity contribution is 5.66. The van der Waals surface area contributed by atoms with Gasteiger partial charge < -0.3 is 19.9 Å². The van der Waals surface area contributed by atoms with E-state index in [0.717, 1.165) is 31.4 Å². The van der Waals surface area contributed by atoms with E-state index >= 15 is 0 Å². The van der Waals surface area contributed by atoms with Gasteiger partial charge in [0.2, 0.25) is 0 Å². The maximum atomic E-state index is 11.1. The van der Waals surface area contributed by atoms with Gasteiger partial charge >= 0.3 is 6.09 Å². The van der Waals surface area contributed by atoms with Gasteiger partial charge in [0.15, 0.2) is 0 Å². The number of hydrogen-bond donors (Lipinski definition) is 2. The van der Waals surface area contributed by atoms with Crippen molar-refractivity contribution in [2.75, 3.05) is 19.8 Å². The van der Waals surface area contributed by atoms with E-state index in [4.69, 9.17) is 9.47 Å². The van der Waals surface area contributed by atoms with Crippen molar-refractivity contribution < 1.29 is 19.4 Å². The molecular weight excluding hydrogens is 282 g/mol. The maximum Gasteiger partial charge on any atom is 0.407 e. The molecular formula is C17H25NO4. The lowest BCUT2D eigenvalue weighted by Crippen LogP contribution is -2.28. The zero-order valence-corrected chi connectivity index (χ0v) is 13.1. The third-order valence-electron chi connectivity index (χ3n) is 3.96. The molecule has 2 N–H and O–H groups in total. The quantitative estimate of drug-likeness (QED) is 0.760. The third-order valence-corrected chi connectivity index (χ3v) is 3.96. The summed E-state index contributed by atoms with van der Waals surface area (Å²) in [5.41, 5.74) is 1.22. The normalized spacial score (nSPS) is 20.6. The van der Waals surface area contributed by atoms with E-state index in [2.05, 4.69) is 5.32 Å². The molecule has 1 aromatic rings. The molecule has 1 fully saturated rings. The van der Waals surface area contributed by atoms with Gasteiger partial charge in [0, 0.05) is 0 Å². The number of alkyl carbamates (subject to hydrolysis) is 1. The molecule has 1 amide bonds. The van der Waals surface area contributed by atoms with Crippen molar-refractivity contribution in [3.63, 3.8) is 0 Å². The molecule has 0 bridgehead atoms. The standard InChI is InChI=1S/C17H25NO4/c1-2-21-17(20)18-10-11-22-15-8-6-13(7-9-15)12-14-4-3-5-16(14)19/h6-9,14,16,19H,2-5,10-12H2,1H3,(H,18,20)/t14-,16-/m1/s1. The van der Waals surface area contributed by atoms with Crippen LogP contribution >= 0.6 is 0 Å². The van der Waals surface area contributed by atoms with Gasteiger partial charge in [-0.2, -0.15) is 0 Å². The Hall–Kier alpha value is -1.75. The third kappa shape index (κ3) is 5.22. The van der Waals surface area contributed by atoms with Crippen LogP contribution in [0.4, 0.5) is 4.79 Å². The van der Waals surface area contributed by atoms with Crippen LogP contribution in [-0.4, -0.2) is 37.1 Å². The van der Waals surface area contributed by atoms with Crippen molar-refractivity contribution in [2.24, 2.45) is 5.92 Å². The molecule has 5 heteroatoms. The van der Waals surface area contributed by atoms with Crippen molar-refractivity contribution in [3.8, 4) is 5.75 Å². The Morgan fingerprint density at radius 1 is 1.32 bits per heavy atom. The number of nitrogens with one attached hydrogen (secondary N) is 1. The summed E-state index contributed by atoms with van der Waals surface area (Å²) in [5.74, 6) is 1.17. The minimum absolute atomic E-state index is 0.148. The fourth-order valence-corrected chi connectivity index (χ4v) is 2.78. The number of benzene rings is 1. The molecule has 0 spiro atoms. The first-order valence-electron chi connectivity index (χ1n) is 7.99. The summed E-state index contributed by atoms with van der Waals surface area (Å²) >= 11 is 0. The monoisotopic (exact) mass is 307 g/mol. The molecule has 2 atom stereocenters. The summed E-state index contributed by atoms with van der Waals surface area (Å²) in [6.45, 7) is 2.94. The summed E-state index contributed by atoms with van der Waals surface area (Å²) in [6, 6.07) is 7.94. The van der Waals surface area contributed by atoms with Crippen LogP contribution in [0.2, 0.25) is 0 Å². The van der Waals surface area contributed by atoms with Crippen LogP contribution in [0.5, 0.6) is 5.75 Å². The van der Waals surface area contributed by atoms with Gasteiger partial charge in [-0.25, -0.2) is 4.79 Å². The topological polar surface area (TPSA) is 67.8 Å². The van der Waals surface area contributed by atoms with Crippen LogP contribution in [0.1, 0.15) is 31.7 Å². The number of carbonyl (C=O) groups is 1. The lowest BCUT2D eigenvalue weighted by molar-refractivity contribution is 0.132. The van der Waals surface area contributed by atoms with E-state index in [1.807, 2.05) is 24.3 Å². The number of ether oxygens (including phenoxy) is 2. The second-order valence-electron chi connectivity index (χ2n) is 5.60. The minimum atomic E-state index is -0.420. The van der Waals surface area contributed by atoms with E-state index in [1.165, 1.54) is 5.56 Å². The average molecular weight is 307 g/mol. The highest BCUT2D eigenvalue weighted by atomic mass is 16.5. The Bertz CT molecular complexity index is 460.